The second-order valence-electron chi connectivity index (χ2n) is 2.96. The molecule has 0 N–H and O–H groups in total. The van der Waals surface area contributed by atoms with Crippen LogP contribution in [0.15, 0.2) is 16.7 Å². The van der Waals surface area contributed by atoms with E-state index in [2.05, 4.69) is 20.9 Å². The first-order valence-electron chi connectivity index (χ1n) is 3.92. The van der Waals surface area contributed by atoms with Crippen LogP contribution in [-0.4, -0.2) is 10.8 Å². The predicted octanol–water partition coefficient (Wildman–Crippen LogP) is 1.90. The van der Waals surface area contributed by atoms with Gasteiger partial charge in [0, 0.05) is 18.5 Å². The van der Waals surface area contributed by atoms with Crippen LogP contribution >= 0.6 is 15.9 Å². The van der Waals surface area contributed by atoms with Gasteiger partial charge < -0.3 is 0 Å². The number of hydrogen-bond donors (Lipinski definition) is 0. The van der Waals surface area contributed by atoms with E-state index in [1.54, 1.807) is 0 Å². The molecule has 3 heteroatoms. The molecule has 0 aliphatic heterocycles. The lowest BCUT2D eigenvalue weighted by molar-refractivity contribution is -0.118. The lowest BCUT2D eigenvalue weighted by Crippen LogP contribution is -2.14. The normalized spacial score (nSPS) is 15.9. The van der Waals surface area contributed by atoms with Gasteiger partial charge in [-0.05, 0) is 34.0 Å². The molecule has 1 aliphatic rings. The number of fused-ring (bicyclic) bond motifs is 1. The SMILES string of the molecule is O=C1CCc2nc(Br)ccc2C1. The van der Waals surface area contributed by atoms with E-state index >= 15 is 0 Å². The molecule has 0 saturated heterocycles. The molecule has 1 aromatic rings. The van der Waals surface area contributed by atoms with Gasteiger partial charge in [-0.2, -0.15) is 0 Å². The number of pyridine rings is 1. The van der Waals surface area contributed by atoms with Gasteiger partial charge in [-0.1, -0.05) is 6.07 Å². The number of halogens is 1. The summed E-state index contributed by atoms with van der Waals surface area (Å²) in [5.41, 5.74) is 2.17. The molecule has 0 atom stereocenters. The standard InChI is InChI=1S/C9H8BrNO/c10-9-4-1-6-5-7(12)2-3-8(6)11-9/h1,4H,2-3,5H2. The van der Waals surface area contributed by atoms with E-state index in [0.29, 0.717) is 18.6 Å². The Morgan fingerprint density at radius 3 is 3.00 bits per heavy atom. The molecule has 62 valence electrons. The Kier molecular flexibility index (Phi) is 1.97. The van der Waals surface area contributed by atoms with Gasteiger partial charge in [-0.25, -0.2) is 4.98 Å². The average molecular weight is 226 g/mol. The van der Waals surface area contributed by atoms with Crippen molar-refractivity contribution in [1.29, 1.82) is 0 Å². The number of hydrogen-bond acceptors (Lipinski definition) is 2. The van der Waals surface area contributed by atoms with Crippen LogP contribution in [0, 0.1) is 0 Å². The van der Waals surface area contributed by atoms with Crippen molar-refractivity contribution in [3.05, 3.63) is 28.0 Å². The number of rotatable bonds is 0. The fourth-order valence-corrected chi connectivity index (χ4v) is 1.79. The van der Waals surface area contributed by atoms with E-state index in [1.807, 2.05) is 12.1 Å². The van der Waals surface area contributed by atoms with Gasteiger partial charge in [0.05, 0.1) is 0 Å². The zero-order valence-electron chi connectivity index (χ0n) is 6.51. The smallest absolute Gasteiger partial charge is 0.137 e. The molecule has 1 heterocycles. The number of carbonyl (C=O) groups is 1. The summed E-state index contributed by atoms with van der Waals surface area (Å²) in [4.78, 5) is 15.4. The molecule has 0 aromatic carbocycles. The molecule has 12 heavy (non-hydrogen) atoms. The van der Waals surface area contributed by atoms with Crippen LogP contribution in [0.5, 0.6) is 0 Å². The Balaban J connectivity index is 2.43. The maximum absolute atomic E-state index is 11.1. The number of Topliss-reactive ketones (excluding diaryl/α,β-unsaturated/α-hetero) is 1. The van der Waals surface area contributed by atoms with Crippen LogP contribution in [0.2, 0.25) is 0 Å². The van der Waals surface area contributed by atoms with Crippen molar-refractivity contribution in [3.8, 4) is 0 Å². The Morgan fingerprint density at radius 1 is 1.33 bits per heavy atom. The summed E-state index contributed by atoms with van der Waals surface area (Å²) in [7, 11) is 0. The first kappa shape index (κ1) is 7.92. The van der Waals surface area contributed by atoms with Gasteiger partial charge in [-0.3, -0.25) is 4.79 Å². The molecule has 0 spiro atoms. The molecule has 0 bridgehead atoms. The first-order chi connectivity index (χ1) is 5.75. The van der Waals surface area contributed by atoms with Crippen LogP contribution < -0.4 is 0 Å². The highest BCUT2D eigenvalue weighted by Crippen LogP contribution is 2.19. The van der Waals surface area contributed by atoms with Crippen LogP contribution in [0.1, 0.15) is 17.7 Å². The van der Waals surface area contributed by atoms with Crippen molar-refractivity contribution < 1.29 is 4.79 Å². The summed E-state index contributed by atoms with van der Waals surface area (Å²) in [5, 5.41) is 0. The zero-order chi connectivity index (χ0) is 8.55. The van der Waals surface area contributed by atoms with Gasteiger partial charge in [0.15, 0.2) is 0 Å². The zero-order valence-corrected chi connectivity index (χ0v) is 8.10. The highest BCUT2D eigenvalue weighted by molar-refractivity contribution is 9.10. The molecule has 1 aromatic heterocycles. The van der Waals surface area contributed by atoms with Crippen molar-refractivity contribution in [2.24, 2.45) is 0 Å². The minimum Gasteiger partial charge on any atom is -0.299 e. The molecular weight excluding hydrogens is 218 g/mol. The third-order valence-corrected chi connectivity index (χ3v) is 2.50. The van der Waals surface area contributed by atoms with E-state index in [4.69, 9.17) is 0 Å². The molecule has 2 nitrogen and oxygen atoms in total. The Hall–Kier alpha value is -0.700. The van der Waals surface area contributed by atoms with Crippen LogP contribution in [0.4, 0.5) is 0 Å². The van der Waals surface area contributed by atoms with E-state index in [0.717, 1.165) is 22.3 Å². The third kappa shape index (κ3) is 1.41. The van der Waals surface area contributed by atoms with Gasteiger partial charge in [0.1, 0.15) is 10.4 Å². The summed E-state index contributed by atoms with van der Waals surface area (Å²) < 4.78 is 0.857. The van der Waals surface area contributed by atoms with Crippen molar-refractivity contribution in [2.45, 2.75) is 19.3 Å². The summed E-state index contributed by atoms with van der Waals surface area (Å²) in [6.07, 6.45) is 2.01. The van der Waals surface area contributed by atoms with Crippen molar-refractivity contribution >= 4 is 21.7 Å². The highest BCUT2D eigenvalue weighted by atomic mass is 79.9. The summed E-state index contributed by atoms with van der Waals surface area (Å²) in [6.45, 7) is 0. The number of aryl methyl sites for hydroxylation is 1. The minimum absolute atomic E-state index is 0.326. The average Bonchev–Trinajstić information content (AvgIpc) is 2.05. The van der Waals surface area contributed by atoms with Gasteiger partial charge >= 0.3 is 0 Å². The molecule has 0 unspecified atom stereocenters. The maximum atomic E-state index is 11.1. The second kappa shape index (κ2) is 2.98. The number of ketones is 1. The Labute approximate surface area is 79.1 Å². The fraction of sp³-hybridized carbons (Fsp3) is 0.333. The number of nitrogens with zero attached hydrogens (tertiary/aromatic N) is 1. The predicted molar refractivity (Wildman–Crippen MR) is 49.0 cm³/mol. The lowest BCUT2D eigenvalue weighted by atomic mass is 9.95. The molecular formula is C9H8BrNO. The number of aromatic nitrogens is 1. The molecule has 0 saturated carbocycles. The van der Waals surface area contributed by atoms with Crippen LogP contribution in [0.25, 0.3) is 0 Å². The lowest BCUT2D eigenvalue weighted by Gasteiger charge is -2.13. The third-order valence-electron chi connectivity index (χ3n) is 2.06. The number of carbonyl (C=O) groups excluding carboxylic acids is 1. The second-order valence-corrected chi connectivity index (χ2v) is 3.77. The summed E-state index contributed by atoms with van der Waals surface area (Å²) in [6, 6.07) is 3.86. The highest BCUT2D eigenvalue weighted by Gasteiger charge is 2.16. The topological polar surface area (TPSA) is 30.0 Å². The minimum atomic E-state index is 0.326. The van der Waals surface area contributed by atoms with Crippen molar-refractivity contribution in [3.63, 3.8) is 0 Å². The van der Waals surface area contributed by atoms with Gasteiger partial charge in [0.25, 0.3) is 0 Å². The Bertz CT molecular complexity index is 335. The largest absolute Gasteiger partial charge is 0.299 e. The monoisotopic (exact) mass is 225 g/mol. The quantitative estimate of drug-likeness (QED) is 0.632. The van der Waals surface area contributed by atoms with E-state index < -0.39 is 0 Å². The van der Waals surface area contributed by atoms with Crippen molar-refractivity contribution in [2.75, 3.05) is 0 Å². The Morgan fingerprint density at radius 2 is 2.17 bits per heavy atom. The molecule has 0 radical (unpaired) electrons. The summed E-state index contributed by atoms with van der Waals surface area (Å²) >= 11 is 3.31. The van der Waals surface area contributed by atoms with Gasteiger partial charge in [-0.15, -0.1) is 0 Å². The maximum Gasteiger partial charge on any atom is 0.137 e. The van der Waals surface area contributed by atoms with E-state index in [-0.39, 0.29) is 0 Å². The fourth-order valence-electron chi connectivity index (χ4n) is 1.44. The first-order valence-corrected chi connectivity index (χ1v) is 4.71. The molecule has 0 amide bonds. The molecule has 0 fully saturated rings. The summed E-state index contributed by atoms with van der Waals surface area (Å²) in [5.74, 6) is 0.326. The van der Waals surface area contributed by atoms with E-state index in [9.17, 15) is 4.79 Å². The molecule has 2 rings (SSSR count). The van der Waals surface area contributed by atoms with Crippen molar-refractivity contribution in [1.82, 2.24) is 4.98 Å². The van der Waals surface area contributed by atoms with Crippen LogP contribution in [0.3, 0.4) is 0 Å². The molecule has 1 aliphatic carbocycles. The van der Waals surface area contributed by atoms with Gasteiger partial charge in [0.2, 0.25) is 0 Å². The van der Waals surface area contributed by atoms with E-state index in [1.165, 1.54) is 0 Å². The van der Waals surface area contributed by atoms with Crippen LogP contribution in [-0.2, 0) is 17.6 Å².